The average molecular weight is 343 g/mol. The number of carbonyl (C=O) groups excluding carboxylic acids is 1. The fourth-order valence-electron chi connectivity index (χ4n) is 2.99. The normalized spacial score (nSPS) is 16.6. The van der Waals surface area contributed by atoms with Crippen molar-refractivity contribution in [2.24, 2.45) is 5.92 Å². The Labute approximate surface area is 147 Å². The number of aromatic nitrogens is 1. The van der Waals surface area contributed by atoms with E-state index in [0.717, 1.165) is 49.8 Å². The second-order valence-electron chi connectivity index (χ2n) is 6.56. The zero-order valence-corrected chi connectivity index (χ0v) is 14.8. The summed E-state index contributed by atoms with van der Waals surface area (Å²) in [5, 5.41) is 2.97. The van der Waals surface area contributed by atoms with E-state index >= 15 is 0 Å². The molecule has 6 nitrogen and oxygen atoms in total. The van der Waals surface area contributed by atoms with E-state index in [0.29, 0.717) is 18.2 Å². The van der Waals surface area contributed by atoms with Crippen molar-refractivity contribution in [1.29, 1.82) is 0 Å². The van der Waals surface area contributed by atoms with Gasteiger partial charge in [-0.05, 0) is 63.9 Å². The Kier molecular flexibility index (Phi) is 5.71. The summed E-state index contributed by atoms with van der Waals surface area (Å²) in [6.45, 7) is 7.40. The molecule has 0 aliphatic carbocycles. The number of amides is 1. The first-order valence-electron chi connectivity index (χ1n) is 8.75. The number of oxazole rings is 1. The van der Waals surface area contributed by atoms with E-state index in [2.05, 4.69) is 15.2 Å². The van der Waals surface area contributed by atoms with E-state index in [4.69, 9.17) is 8.83 Å². The summed E-state index contributed by atoms with van der Waals surface area (Å²) in [4.78, 5) is 18.7. The van der Waals surface area contributed by atoms with Crippen LogP contribution in [0.4, 0.5) is 0 Å². The first kappa shape index (κ1) is 17.5. The van der Waals surface area contributed by atoms with Crippen molar-refractivity contribution in [3.8, 4) is 0 Å². The zero-order chi connectivity index (χ0) is 17.6. The first-order valence-corrected chi connectivity index (χ1v) is 8.75. The van der Waals surface area contributed by atoms with Crippen molar-refractivity contribution in [3.05, 3.63) is 47.6 Å². The summed E-state index contributed by atoms with van der Waals surface area (Å²) in [6.07, 6.45) is 6.92. The highest BCUT2D eigenvalue weighted by atomic mass is 16.4. The van der Waals surface area contributed by atoms with Gasteiger partial charge in [0, 0.05) is 12.6 Å². The predicted octanol–water partition coefficient (Wildman–Crippen LogP) is 2.93. The number of piperidine rings is 1. The van der Waals surface area contributed by atoms with Gasteiger partial charge in [0.2, 0.25) is 11.8 Å². The minimum atomic E-state index is -0.0791. The van der Waals surface area contributed by atoms with Gasteiger partial charge in [0.1, 0.15) is 11.5 Å². The largest absolute Gasteiger partial charge is 0.465 e. The fraction of sp³-hybridized carbons (Fsp3) is 0.474. The van der Waals surface area contributed by atoms with E-state index in [-0.39, 0.29) is 5.91 Å². The topological polar surface area (TPSA) is 71.5 Å². The van der Waals surface area contributed by atoms with Crippen LogP contribution >= 0.6 is 0 Å². The highest BCUT2D eigenvalue weighted by Gasteiger charge is 2.21. The summed E-state index contributed by atoms with van der Waals surface area (Å²) >= 11 is 0. The number of rotatable bonds is 6. The quantitative estimate of drug-likeness (QED) is 0.817. The summed E-state index contributed by atoms with van der Waals surface area (Å²) in [5.41, 5.74) is 0.968. The Bertz CT molecular complexity index is 691. The molecule has 3 rings (SSSR count). The molecule has 0 spiro atoms. The van der Waals surface area contributed by atoms with Crippen molar-refractivity contribution in [2.75, 3.05) is 19.6 Å². The average Bonchev–Trinajstić information content (AvgIpc) is 3.22. The fourth-order valence-corrected chi connectivity index (χ4v) is 2.99. The van der Waals surface area contributed by atoms with Gasteiger partial charge in [-0.25, -0.2) is 4.98 Å². The van der Waals surface area contributed by atoms with Gasteiger partial charge < -0.3 is 14.2 Å². The van der Waals surface area contributed by atoms with Crippen LogP contribution in [0.15, 0.2) is 33.3 Å². The second kappa shape index (κ2) is 8.16. The molecule has 1 aliphatic heterocycles. The first-order chi connectivity index (χ1) is 12.1. The van der Waals surface area contributed by atoms with Gasteiger partial charge in [-0.3, -0.25) is 9.69 Å². The number of nitrogens with one attached hydrogen (secondary N) is 1. The lowest BCUT2D eigenvalue weighted by molar-refractivity contribution is -0.116. The van der Waals surface area contributed by atoms with Crippen molar-refractivity contribution in [1.82, 2.24) is 15.2 Å². The van der Waals surface area contributed by atoms with Crippen LogP contribution in [0.3, 0.4) is 0 Å². The summed E-state index contributed by atoms with van der Waals surface area (Å²) < 4.78 is 10.8. The number of furan rings is 1. The van der Waals surface area contributed by atoms with E-state index in [1.54, 1.807) is 18.4 Å². The highest BCUT2D eigenvalue weighted by molar-refractivity contribution is 5.91. The molecule has 2 aromatic heterocycles. The number of nitrogens with zero attached hydrogens (tertiary/aromatic N) is 2. The smallest absolute Gasteiger partial charge is 0.244 e. The van der Waals surface area contributed by atoms with Crippen LogP contribution in [0.2, 0.25) is 0 Å². The van der Waals surface area contributed by atoms with Crippen LogP contribution in [-0.2, 0) is 11.3 Å². The molecule has 6 heteroatoms. The van der Waals surface area contributed by atoms with Crippen molar-refractivity contribution < 1.29 is 13.6 Å². The van der Waals surface area contributed by atoms with Crippen molar-refractivity contribution >= 4 is 12.0 Å². The van der Waals surface area contributed by atoms with E-state index in [9.17, 15) is 4.79 Å². The maximum absolute atomic E-state index is 11.8. The highest BCUT2D eigenvalue weighted by Crippen LogP contribution is 2.19. The Morgan fingerprint density at radius 2 is 2.20 bits per heavy atom. The van der Waals surface area contributed by atoms with Gasteiger partial charge in [0.05, 0.1) is 18.5 Å². The molecule has 1 aliphatic rings. The summed E-state index contributed by atoms with van der Waals surface area (Å²) in [6, 6.07) is 3.61. The zero-order valence-electron chi connectivity index (χ0n) is 14.8. The monoisotopic (exact) mass is 343 g/mol. The molecule has 3 heterocycles. The minimum Gasteiger partial charge on any atom is -0.465 e. The molecular formula is C19H25N3O3. The molecule has 0 unspecified atom stereocenters. The summed E-state index contributed by atoms with van der Waals surface area (Å²) in [7, 11) is 0. The number of likely N-dealkylation sites (tertiary alicyclic amines) is 1. The van der Waals surface area contributed by atoms with Crippen molar-refractivity contribution in [2.45, 2.75) is 33.2 Å². The van der Waals surface area contributed by atoms with Gasteiger partial charge in [-0.1, -0.05) is 0 Å². The Morgan fingerprint density at radius 1 is 1.40 bits per heavy atom. The van der Waals surface area contributed by atoms with Crippen molar-refractivity contribution in [3.63, 3.8) is 0 Å². The lowest BCUT2D eigenvalue weighted by atomic mass is 9.97. The molecule has 2 aromatic rings. The molecule has 0 aromatic carbocycles. The third kappa shape index (κ3) is 5.06. The number of hydrogen-bond acceptors (Lipinski definition) is 5. The maximum Gasteiger partial charge on any atom is 0.244 e. The van der Waals surface area contributed by atoms with Crippen LogP contribution in [0, 0.1) is 19.8 Å². The Hall–Kier alpha value is -2.34. The lowest BCUT2D eigenvalue weighted by Gasteiger charge is -2.31. The molecular weight excluding hydrogens is 318 g/mol. The van der Waals surface area contributed by atoms with E-state index < -0.39 is 0 Å². The van der Waals surface area contributed by atoms with Gasteiger partial charge >= 0.3 is 0 Å². The SMILES string of the molecule is Cc1nc(CN2CCC(CNC(=O)/C=C/c3ccco3)CC2)oc1C. The van der Waals surface area contributed by atoms with Crippen LogP contribution in [-0.4, -0.2) is 35.4 Å². The molecule has 0 bridgehead atoms. The van der Waals surface area contributed by atoms with E-state index in [1.807, 2.05) is 19.9 Å². The molecule has 0 radical (unpaired) electrons. The van der Waals surface area contributed by atoms with Gasteiger partial charge in [-0.2, -0.15) is 0 Å². The molecule has 1 fully saturated rings. The van der Waals surface area contributed by atoms with Gasteiger partial charge in [-0.15, -0.1) is 0 Å². The van der Waals surface area contributed by atoms with Crippen LogP contribution < -0.4 is 5.32 Å². The molecule has 1 N–H and O–H groups in total. The van der Waals surface area contributed by atoms with Crippen LogP contribution in [0.25, 0.3) is 6.08 Å². The second-order valence-corrected chi connectivity index (χ2v) is 6.56. The predicted molar refractivity (Wildman–Crippen MR) is 94.7 cm³/mol. The number of hydrogen-bond donors (Lipinski definition) is 1. The minimum absolute atomic E-state index is 0.0791. The molecule has 1 amide bonds. The molecule has 1 saturated heterocycles. The van der Waals surface area contributed by atoms with Crippen LogP contribution in [0.5, 0.6) is 0 Å². The molecule has 0 saturated carbocycles. The molecule has 25 heavy (non-hydrogen) atoms. The van der Waals surface area contributed by atoms with Gasteiger partial charge in [0.15, 0.2) is 0 Å². The van der Waals surface area contributed by atoms with Crippen LogP contribution in [0.1, 0.15) is 35.9 Å². The lowest BCUT2D eigenvalue weighted by Crippen LogP contribution is -2.38. The van der Waals surface area contributed by atoms with E-state index in [1.165, 1.54) is 6.08 Å². The molecule has 0 atom stereocenters. The third-order valence-electron chi connectivity index (χ3n) is 4.65. The number of aryl methyl sites for hydroxylation is 2. The summed E-state index contributed by atoms with van der Waals surface area (Å²) in [5.74, 6) is 2.82. The Balaban J connectivity index is 1.37. The Morgan fingerprint density at radius 3 is 2.84 bits per heavy atom. The van der Waals surface area contributed by atoms with Gasteiger partial charge in [0.25, 0.3) is 0 Å². The third-order valence-corrected chi connectivity index (χ3v) is 4.65. The standard InChI is InChI=1S/C19H25N3O3/c1-14-15(2)25-19(21-14)13-22-9-7-16(8-10-22)12-20-18(23)6-5-17-4-3-11-24-17/h3-6,11,16H,7-10,12-13H2,1-2H3,(H,20,23)/b6-5+. The molecule has 134 valence electrons. The maximum atomic E-state index is 11.8. The number of carbonyl (C=O) groups is 1.